The number of morpholine rings is 1. The average Bonchev–Trinajstić information content (AvgIpc) is 3.25. The summed E-state index contributed by atoms with van der Waals surface area (Å²) < 4.78 is 12.8. The number of hydrogen-bond acceptors (Lipinski definition) is 6. The van der Waals surface area contributed by atoms with E-state index in [2.05, 4.69) is 10.2 Å². The highest BCUT2D eigenvalue weighted by Gasteiger charge is 2.27. The molecule has 0 unspecified atom stereocenters. The molecule has 1 amide bonds. The summed E-state index contributed by atoms with van der Waals surface area (Å²) in [5.74, 6) is -0.0407. The van der Waals surface area contributed by atoms with Crippen molar-refractivity contribution >= 4 is 29.0 Å². The molecule has 1 saturated heterocycles. The van der Waals surface area contributed by atoms with E-state index >= 15 is 0 Å². The smallest absolute Gasteiger partial charge is 0.342 e. The quantitative estimate of drug-likeness (QED) is 0.699. The van der Waals surface area contributed by atoms with Crippen molar-refractivity contribution in [2.75, 3.05) is 38.2 Å². The summed E-state index contributed by atoms with van der Waals surface area (Å²) in [6.45, 7) is 10.8. The van der Waals surface area contributed by atoms with Crippen molar-refractivity contribution in [1.29, 1.82) is 0 Å². The number of thiophene rings is 1. The highest BCUT2D eigenvalue weighted by atomic mass is 32.1. The molecule has 158 valence electrons. The number of amides is 1. The Morgan fingerprint density at radius 2 is 2.17 bits per heavy atom. The third-order valence-corrected chi connectivity index (χ3v) is 6.01. The third kappa shape index (κ3) is 5.07. The first-order chi connectivity index (χ1) is 13.9. The number of nitrogens with one attached hydrogen (secondary N) is 1. The Morgan fingerprint density at radius 3 is 2.83 bits per heavy atom. The number of anilines is 1. The second kappa shape index (κ2) is 9.56. The van der Waals surface area contributed by atoms with Gasteiger partial charge in [0, 0.05) is 23.7 Å². The maximum absolute atomic E-state index is 12.8. The first-order valence-electron chi connectivity index (χ1n) is 9.93. The third-order valence-electron chi connectivity index (χ3n) is 5.15. The van der Waals surface area contributed by atoms with Gasteiger partial charge in [-0.2, -0.15) is 0 Å². The van der Waals surface area contributed by atoms with E-state index in [0.717, 1.165) is 22.7 Å². The Balaban J connectivity index is 1.88. The largest absolute Gasteiger partial charge is 0.462 e. The lowest BCUT2D eigenvalue weighted by atomic mass is 10.1. The molecule has 1 N–H and O–H groups in total. The van der Waals surface area contributed by atoms with Crippen LogP contribution >= 0.6 is 11.3 Å². The minimum atomic E-state index is -0.409. The van der Waals surface area contributed by atoms with Gasteiger partial charge in [0.1, 0.15) is 11.4 Å². The zero-order valence-electron chi connectivity index (χ0n) is 17.5. The minimum absolute atomic E-state index is 0.110. The fourth-order valence-corrected chi connectivity index (χ4v) is 4.30. The minimum Gasteiger partial charge on any atom is -0.462 e. The number of ether oxygens (including phenoxy) is 2. The lowest BCUT2D eigenvalue weighted by molar-refractivity contribution is -0.119. The molecule has 29 heavy (non-hydrogen) atoms. The van der Waals surface area contributed by atoms with Crippen molar-refractivity contribution in [1.82, 2.24) is 9.47 Å². The van der Waals surface area contributed by atoms with Gasteiger partial charge in [0.25, 0.3) is 0 Å². The van der Waals surface area contributed by atoms with Crippen LogP contribution in [0.2, 0.25) is 0 Å². The predicted octanol–water partition coefficient (Wildman–Crippen LogP) is 3.05. The van der Waals surface area contributed by atoms with Crippen LogP contribution in [0.4, 0.5) is 5.82 Å². The van der Waals surface area contributed by atoms with E-state index in [0.29, 0.717) is 31.1 Å². The number of nitrogens with zero attached hydrogens (tertiary/aromatic N) is 2. The molecule has 0 spiro atoms. The van der Waals surface area contributed by atoms with Gasteiger partial charge in [-0.1, -0.05) is 6.07 Å². The van der Waals surface area contributed by atoms with Gasteiger partial charge in [0.15, 0.2) is 0 Å². The molecule has 0 aliphatic carbocycles. The molecule has 0 bridgehead atoms. The maximum atomic E-state index is 12.8. The summed E-state index contributed by atoms with van der Waals surface area (Å²) in [6.07, 6.45) is 0.110. The topological polar surface area (TPSA) is 72.8 Å². The zero-order chi connectivity index (χ0) is 21.0. The van der Waals surface area contributed by atoms with Crippen LogP contribution in [-0.2, 0) is 20.8 Å². The van der Waals surface area contributed by atoms with Crippen molar-refractivity contribution in [3.63, 3.8) is 0 Å². The van der Waals surface area contributed by atoms with Crippen LogP contribution in [0.5, 0.6) is 0 Å². The van der Waals surface area contributed by atoms with E-state index in [1.54, 1.807) is 18.3 Å². The average molecular weight is 420 g/mol. The van der Waals surface area contributed by atoms with Crippen LogP contribution in [0.1, 0.15) is 40.3 Å². The Morgan fingerprint density at radius 1 is 1.38 bits per heavy atom. The molecule has 7 nitrogen and oxygen atoms in total. The molecule has 2 aromatic heterocycles. The van der Waals surface area contributed by atoms with E-state index in [4.69, 9.17) is 9.47 Å². The molecule has 1 aliphatic rings. The number of hydrogen-bond donors (Lipinski definition) is 1. The second-order valence-corrected chi connectivity index (χ2v) is 8.32. The fraction of sp³-hybridized carbons (Fsp3) is 0.524. The van der Waals surface area contributed by atoms with Crippen molar-refractivity contribution < 1.29 is 19.1 Å². The van der Waals surface area contributed by atoms with Crippen LogP contribution in [-0.4, -0.2) is 60.3 Å². The summed E-state index contributed by atoms with van der Waals surface area (Å²) in [5, 5.41) is 5.02. The van der Waals surface area contributed by atoms with Gasteiger partial charge in [0.05, 0.1) is 32.4 Å². The number of rotatable bonds is 7. The summed E-state index contributed by atoms with van der Waals surface area (Å²) >= 11 is 1.64. The monoisotopic (exact) mass is 419 g/mol. The highest BCUT2D eigenvalue weighted by Crippen LogP contribution is 2.29. The van der Waals surface area contributed by atoms with Crippen molar-refractivity contribution in [2.45, 2.75) is 40.3 Å². The van der Waals surface area contributed by atoms with Gasteiger partial charge < -0.3 is 19.4 Å². The Bertz CT molecular complexity index is 860. The number of carbonyl (C=O) groups excluding carboxylic acids is 2. The molecule has 3 heterocycles. The normalized spacial score (nSPS) is 17.3. The lowest BCUT2D eigenvalue weighted by Crippen LogP contribution is -2.44. The van der Waals surface area contributed by atoms with E-state index in [-0.39, 0.29) is 25.2 Å². The molecule has 1 atom stereocenters. The maximum Gasteiger partial charge on any atom is 0.342 e. The number of carbonyl (C=O) groups is 2. The first-order valence-corrected chi connectivity index (χ1v) is 10.8. The molecular weight excluding hydrogens is 390 g/mol. The summed E-state index contributed by atoms with van der Waals surface area (Å²) in [5.41, 5.74) is 2.21. The molecular formula is C21H29N3O4S. The van der Waals surface area contributed by atoms with Crippen molar-refractivity contribution in [3.8, 4) is 0 Å². The summed E-state index contributed by atoms with van der Waals surface area (Å²) in [7, 11) is 0. The number of aromatic nitrogens is 1. The molecule has 3 rings (SSSR count). The van der Waals surface area contributed by atoms with Crippen LogP contribution in [0, 0.1) is 13.8 Å². The molecule has 1 aliphatic heterocycles. The SMILES string of the molecule is CCOC(=O)c1c(C)c(C)n(Cc2cccs2)c1NC(=O)CN1CCO[C@@H](C)C1. The molecule has 8 heteroatoms. The van der Waals surface area contributed by atoms with Gasteiger partial charge >= 0.3 is 5.97 Å². The molecule has 0 radical (unpaired) electrons. The van der Waals surface area contributed by atoms with Gasteiger partial charge in [0.2, 0.25) is 5.91 Å². The van der Waals surface area contributed by atoms with Crippen molar-refractivity contribution in [2.24, 2.45) is 0 Å². The van der Waals surface area contributed by atoms with Gasteiger partial charge in [-0.25, -0.2) is 4.79 Å². The van der Waals surface area contributed by atoms with Gasteiger partial charge in [-0.3, -0.25) is 9.69 Å². The van der Waals surface area contributed by atoms with Crippen LogP contribution in [0.25, 0.3) is 0 Å². The van der Waals surface area contributed by atoms with E-state index in [9.17, 15) is 9.59 Å². The highest BCUT2D eigenvalue weighted by molar-refractivity contribution is 7.09. The first kappa shape index (κ1) is 21.5. The van der Waals surface area contributed by atoms with E-state index in [1.807, 2.05) is 42.9 Å². The van der Waals surface area contributed by atoms with Crippen molar-refractivity contribution in [3.05, 3.63) is 39.2 Å². The fourth-order valence-electron chi connectivity index (χ4n) is 3.61. The van der Waals surface area contributed by atoms with E-state index in [1.165, 1.54) is 0 Å². The molecule has 2 aromatic rings. The molecule has 1 fully saturated rings. The standard InChI is InChI=1S/C21H29N3O4S/c1-5-27-21(26)19-15(3)16(4)24(12-17-7-6-10-29-17)20(19)22-18(25)13-23-8-9-28-14(2)11-23/h6-7,10,14H,5,8-9,11-13H2,1-4H3,(H,22,25)/t14-/m0/s1. The molecule has 0 saturated carbocycles. The van der Waals surface area contributed by atoms with Crippen LogP contribution < -0.4 is 5.32 Å². The Hall–Kier alpha value is -2.16. The summed E-state index contributed by atoms with van der Waals surface area (Å²) in [4.78, 5) is 28.7. The van der Waals surface area contributed by atoms with Gasteiger partial charge in [-0.15, -0.1) is 11.3 Å². The van der Waals surface area contributed by atoms with Crippen LogP contribution in [0.15, 0.2) is 17.5 Å². The Labute approximate surface area is 175 Å². The van der Waals surface area contributed by atoms with E-state index < -0.39 is 5.97 Å². The van der Waals surface area contributed by atoms with Crippen LogP contribution in [0.3, 0.4) is 0 Å². The summed E-state index contributed by atoms with van der Waals surface area (Å²) in [6, 6.07) is 4.04. The molecule has 0 aromatic carbocycles. The number of esters is 1. The second-order valence-electron chi connectivity index (χ2n) is 7.28. The predicted molar refractivity (Wildman–Crippen MR) is 114 cm³/mol. The van der Waals surface area contributed by atoms with Gasteiger partial charge in [-0.05, 0) is 44.7 Å². The lowest BCUT2D eigenvalue weighted by Gasteiger charge is -2.30. The Kier molecular flexibility index (Phi) is 7.10. The zero-order valence-corrected chi connectivity index (χ0v) is 18.3.